The summed E-state index contributed by atoms with van der Waals surface area (Å²) < 4.78 is 0. The van der Waals surface area contributed by atoms with Crippen molar-refractivity contribution >= 4 is 0 Å². The molecule has 0 aromatic heterocycles. The van der Waals surface area contributed by atoms with Crippen molar-refractivity contribution in [2.75, 3.05) is 6.54 Å². The van der Waals surface area contributed by atoms with Gasteiger partial charge in [0.05, 0.1) is 12.7 Å². The van der Waals surface area contributed by atoms with Gasteiger partial charge in [-0.05, 0) is 54.8 Å². The number of benzene rings is 1. The minimum absolute atomic E-state index is 0.0388. The normalized spacial score (nSPS) is 13.4. The number of aliphatic hydroxyl groups excluding tert-OH is 2. The Balaban J connectivity index is 1.88. The molecular formula is C18H21NO3. The van der Waals surface area contributed by atoms with Crippen LogP contribution in [0.25, 0.3) is 0 Å². The van der Waals surface area contributed by atoms with E-state index in [9.17, 15) is 10.2 Å². The summed E-state index contributed by atoms with van der Waals surface area (Å²) in [4.78, 5) is 0. The van der Waals surface area contributed by atoms with Crippen LogP contribution in [0.4, 0.5) is 0 Å². The fourth-order valence-electron chi connectivity index (χ4n) is 2.30. The second kappa shape index (κ2) is 7.81. The van der Waals surface area contributed by atoms with Crippen molar-refractivity contribution in [2.24, 2.45) is 0 Å². The van der Waals surface area contributed by atoms with Crippen LogP contribution in [0.5, 0.6) is 5.75 Å². The standard InChI is InChI=1S/C18H21NO3/c1-13(9-14-5-3-2-4-6-14)19-11-18(22)15-7-8-17(21)16(10-15)12-20/h3,5-8,10,13,18-22H,9,11-12H2,1H3/t13?,18-/m0/s1. The molecule has 0 saturated heterocycles. The second-order valence-electron chi connectivity index (χ2n) is 5.42. The molecule has 116 valence electrons. The first-order chi connectivity index (χ1) is 10.6. The summed E-state index contributed by atoms with van der Waals surface area (Å²) in [5.74, 6) is 0.0388. The van der Waals surface area contributed by atoms with Gasteiger partial charge in [0.15, 0.2) is 0 Å². The molecule has 2 rings (SSSR count). The number of phenols is 1. The number of hydrogen-bond acceptors (Lipinski definition) is 4. The Morgan fingerprint density at radius 2 is 2.05 bits per heavy atom. The van der Waals surface area contributed by atoms with Gasteiger partial charge in [0, 0.05) is 18.2 Å². The Hall–Kier alpha value is -2.06. The van der Waals surface area contributed by atoms with Gasteiger partial charge in [-0.2, -0.15) is 0 Å². The minimum atomic E-state index is -0.691. The summed E-state index contributed by atoms with van der Waals surface area (Å²) in [6.45, 7) is 2.21. The smallest absolute Gasteiger partial charge is 0.121 e. The van der Waals surface area contributed by atoms with Crippen molar-refractivity contribution in [3.05, 3.63) is 65.2 Å². The number of aliphatic hydroxyl groups is 2. The SMILES string of the molecule is CC(Cc1cc#ccc1)NC[C@H](O)c1ccc(O)c(CO)c1. The Labute approximate surface area is 131 Å². The fraction of sp³-hybridized carbons (Fsp3) is 0.333. The molecule has 0 radical (unpaired) electrons. The van der Waals surface area contributed by atoms with Crippen molar-refractivity contribution in [1.29, 1.82) is 0 Å². The third-order valence-corrected chi connectivity index (χ3v) is 3.58. The summed E-state index contributed by atoms with van der Waals surface area (Å²) >= 11 is 0. The molecule has 0 saturated carbocycles. The van der Waals surface area contributed by atoms with Gasteiger partial charge in [-0.3, -0.25) is 0 Å². The maximum Gasteiger partial charge on any atom is 0.121 e. The molecule has 2 aromatic carbocycles. The summed E-state index contributed by atoms with van der Waals surface area (Å²) in [6.07, 6.45) is 0.152. The average Bonchev–Trinajstić information content (AvgIpc) is 2.54. The topological polar surface area (TPSA) is 72.7 Å². The monoisotopic (exact) mass is 299 g/mol. The first kappa shape index (κ1) is 16.3. The lowest BCUT2D eigenvalue weighted by atomic mass is 10.0. The van der Waals surface area contributed by atoms with E-state index in [1.807, 2.05) is 18.2 Å². The second-order valence-corrected chi connectivity index (χ2v) is 5.42. The Morgan fingerprint density at radius 1 is 1.23 bits per heavy atom. The Bertz CT molecular complexity index is 586. The van der Waals surface area contributed by atoms with E-state index in [0.717, 1.165) is 6.42 Å². The first-order valence-corrected chi connectivity index (χ1v) is 7.31. The molecular weight excluding hydrogens is 278 g/mol. The average molecular weight is 299 g/mol. The van der Waals surface area contributed by atoms with Gasteiger partial charge >= 0.3 is 0 Å². The molecule has 4 heteroatoms. The lowest BCUT2D eigenvalue weighted by Gasteiger charge is -2.18. The largest absolute Gasteiger partial charge is 0.508 e. The van der Waals surface area contributed by atoms with Gasteiger partial charge in [-0.1, -0.05) is 18.2 Å². The molecule has 0 amide bonds. The Morgan fingerprint density at radius 3 is 2.73 bits per heavy atom. The zero-order chi connectivity index (χ0) is 15.9. The van der Waals surface area contributed by atoms with E-state index in [0.29, 0.717) is 17.7 Å². The predicted octanol–water partition coefficient (Wildman–Crippen LogP) is 1.74. The molecule has 0 fully saturated rings. The van der Waals surface area contributed by atoms with E-state index >= 15 is 0 Å². The summed E-state index contributed by atoms with van der Waals surface area (Å²) in [7, 11) is 0. The van der Waals surface area contributed by atoms with Crippen LogP contribution in [0.15, 0.2) is 36.4 Å². The highest BCUT2D eigenvalue weighted by Crippen LogP contribution is 2.22. The predicted molar refractivity (Wildman–Crippen MR) is 84.3 cm³/mol. The van der Waals surface area contributed by atoms with Crippen LogP contribution in [-0.4, -0.2) is 27.9 Å². The molecule has 22 heavy (non-hydrogen) atoms. The lowest BCUT2D eigenvalue weighted by Crippen LogP contribution is -2.32. The number of rotatable bonds is 7. The van der Waals surface area contributed by atoms with Crippen molar-refractivity contribution in [1.82, 2.24) is 5.32 Å². The molecule has 2 aromatic rings. The molecule has 0 aliphatic carbocycles. The summed E-state index contributed by atoms with van der Waals surface area (Å²) in [5, 5.41) is 32.2. The van der Waals surface area contributed by atoms with E-state index in [1.54, 1.807) is 12.1 Å². The molecule has 0 aliphatic rings. The van der Waals surface area contributed by atoms with Crippen LogP contribution < -0.4 is 5.32 Å². The van der Waals surface area contributed by atoms with Crippen LogP contribution in [0.1, 0.15) is 29.7 Å². The number of nitrogens with one attached hydrogen (secondary N) is 1. The van der Waals surface area contributed by atoms with Gasteiger partial charge in [0.1, 0.15) is 5.75 Å². The number of aromatic hydroxyl groups is 1. The third-order valence-electron chi connectivity index (χ3n) is 3.58. The van der Waals surface area contributed by atoms with E-state index in [-0.39, 0.29) is 18.4 Å². The van der Waals surface area contributed by atoms with Crippen LogP contribution in [0.3, 0.4) is 0 Å². The highest BCUT2D eigenvalue weighted by molar-refractivity contribution is 5.36. The molecule has 4 N–H and O–H groups in total. The molecule has 0 bridgehead atoms. The van der Waals surface area contributed by atoms with Gasteiger partial charge in [0.25, 0.3) is 0 Å². The quantitative estimate of drug-likeness (QED) is 0.628. The molecule has 1 unspecified atom stereocenters. The van der Waals surface area contributed by atoms with Gasteiger partial charge in [0.2, 0.25) is 0 Å². The Kier molecular flexibility index (Phi) is 5.79. The van der Waals surface area contributed by atoms with Gasteiger partial charge in [-0.15, -0.1) is 0 Å². The molecule has 0 aliphatic heterocycles. The van der Waals surface area contributed by atoms with Crippen molar-refractivity contribution in [2.45, 2.75) is 32.1 Å². The van der Waals surface area contributed by atoms with Gasteiger partial charge < -0.3 is 20.6 Å². The maximum absolute atomic E-state index is 10.2. The summed E-state index contributed by atoms with van der Waals surface area (Å²) in [5.41, 5.74) is 2.25. The lowest BCUT2D eigenvalue weighted by molar-refractivity contribution is 0.170. The molecule has 2 atom stereocenters. The van der Waals surface area contributed by atoms with Crippen molar-refractivity contribution < 1.29 is 15.3 Å². The number of hydrogen-bond donors (Lipinski definition) is 4. The van der Waals surface area contributed by atoms with E-state index in [1.165, 1.54) is 11.6 Å². The van der Waals surface area contributed by atoms with Crippen LogP contribution in [0, 0.1) is 12.1 Å². The summed E-state index contributed by atoms with van der Waals surface area (Å²) in [6, 6.07) is 16.5. The van der Waals surface area contributed by atoms with E-state index in [2.05, 4.69) is 24.4 Å². The minimum Gasteiger partial charge on any atom is -0.508 e. The maximum atomic E-state index is 10.2. The first-order valence-electron chi connectivity index (χ1n) is 7.31. The zero-order valence-corrected chi connectivity index (χ0v) is 12.6. The van der Waals surface area contributed by atoms with E-state index < -0.39 is 6.10 Å². The molecule has 0 spiro atoms. The third kappa shape index (κ3) is 4.47. The molecule has 0 heterocycles. The van der Waals surface area contributed by atoms with Crippen molar-refractivity contribution in [3.8, 4) is 5.75 Å². The molecule has 4 nitrogen and oxygen atoms in total. The van der Waals surface area contributed by atoms with Crippen LogP contribution in [0.2, 0.25) is 0 Å². The fourth-order valence-corrected chi connectivity index (χ4v) is 2.30. The van der Waals surface area contributed by atoms with E-state index in [4.69, 9.17) is 5.11 Å². The highest BCUT2D eigenvalue weighted by atomic mass is 16.3. The van der Waals surface area contributed by atoms with Gasteiger partial charge in [-0.25, -0.2) is 0 Å². The zero-order valence-electron chi connectivity index (χ0n) is 12.6. The highest BCUT2D eigenvalue weighted by Gasteiger charge is 2.12. The van der Waals surface area contributed by atoms with Crippen LogP contribution in [-0.2, 0) is 13.0 Å². The van der Waals surface area contributed by atoms with Crippen molar-refractivity contribution in [3.63, 3.8) is 0 Å². The van der Waals surface area contributed by atoms with Crippen LogP contribution >= 0.6 is 0 Å².